The largest absolute Gasteiger partial charge is 0.494 e. The van der Waals surface area contributed by atoms with Gasteiger partial charge in [-0.1, -0.05) is 97.3 Å². The van der Waals surface area contributed by atoms with E-state index in [2.05, 4.69) is 48.1 Å². The van der Waals surface area contributed by atoms with Crippen LogP contribution in [-0.2, 0) is 6.42 Å². The van der Waals surface area contributed by atoms with Gasteiger partial charge in [-0.15, -0.1) is 0 Å². The predicted octanol–water partition coefficient (Wildman–Crippen LogP) is 9.59. The van der Waals surface area contributed by atoms with Crippen molar-refractivity contribution < 1.29 is 4.74 Å². The first-order chi connectivity index (χ1) is 17.3. The summed E-state index contributed by atoms with van der Waals surface area (Å²) in [4.78, 5) is 9.17. The Morgan fingerprint density at radius 2 is 1.26 bits per heavy atom. The van der Waals surface area contributed by atoms with Gasteiger partial charge < -0.3 is 4.74 Å². The van der Waals surface area contributed by atoms with Crippen LogP contribution in [0.25, 0.3) is 11.4 Å². The van der Waals surface area contributed by atoms with E-state index in [4.69, 9.17) is 4.74 Å². The maximum absolute atomic E-state index is 6.04. The molecule has 3 nitrogen and oxygen atoms in total. The highest BCUT2D eigenvalue weighted by molar-refractivity contribution is 5.55. The monoisotopic (exact) mass is 478 g/mol. The third-order valence-corrected chi connectivity index (χ3v) is 7.84. The molecule has 3 rings (SSSR count). The van der Waals surface area contributed by atoms with E-state index in [9.17, 15) is 0 Å². The number of hydrogen-bond donors (Lipinski definition) is 0. The van der Waals surface area contributed by atoms with E-state index in [1.54, 1.807) is 0 Å². The fourth-order valence-electron chi connectivity index (χ4n) is 5.50. The smallest absolute Gasteiger partial charge is 0.159 e. The number of benzene rings is 1. The number of nitrogens with zero attached hydrogens (tertiary/aromatic N) is 2. The Labute approximate surface area is 215 Å². The third kappa shape index (κ3) is 10.7. The summed E-state index contributed by atoms with van der Waals surface area (Å²) in [7, 11) is 0. The lowest BCUT2D eigenvalue weighted by atomic mass is 9.78. The predicted molar refractivity (Wildman–Crippen MR) is 149 cm³/mol. The second kappa shape index (κ2) is 16.7. The standard InChI is InChI=1S/C32H50N2O/c1-3-5-7-9-11-13-27-16-18-28(19-17-27)15-12-24-35-31-22-20-30(21-23-31)32-33-25-29(26-34-32)14-10-8-6-4-2/h20-23,25-28H,3-19,24H2,1-2H3/t27-,28-. The van der Waals surface area contributed by atoms with Crippen LogP contribution in [0, 0.1) is 11.8 Å². The third-order valence-electron chi connectivity index (χ3n) is 7.84. The molecule has 1 aromatic heterocycles. The summed E-state index contributed by atoms with van der Waals surface area (Å²) < 4.78 is 6.04. The van der Waals surface area contributed by atoms with Crippen LogP contribution in [0.4, 0.5) is 0 Å². The molecule has 0 spiro atoms. The molecule has 2 aromatic rings. The fourth-order valence-corrected chi connectivity index (χ4v) is 5.50. The zero-order valence-corrected chi connectivity index (χ0v) is 22.6. The first kappa shape index (κ1) is 27.7. The van der Waals surface area contributed by atoms with E-state index in [0.717, 1.165) is 48.4 Å². The van der Waals surface area contributed by atoms with Gasteiger partial charge in [0.15, 0.2) is 5.82 Å². The molecule has 1 saturated carbocycles. The van der Waals surface area contributed by atoms with Crippen molar-refractivity contribution in [2.24, 2.45) is 11.8 Å². The van der Waals surface area contributed by atoms with Crippen LogP contribution in [0.15, 0.2) is 36.7 Å². The van der Waals surface area contributed by atoms with Crippen LogP contribution in [0.1, 0.15) is 122 Å². The Hall–Kier alpha value is -1.90. The SMILES string of the molecule is CCCCCCC[C@H]1CC[C@H](CCCOc2ccc(-c3ncc(CCCCCC)cn3)cc2)CC1. The number of ether oxygens (including phenoxy) is 1. The first-order valence-corrected chi connectivity index (χ1v) is 14.8. The molecule has 0 aliphatic heterocycles. The molecule has 194 valence electrons. The van der Waals surface area contributed by atoms with Crippen LogP contribution in [0.5, 0.6) is 5.75 Å². The summed E-state index contributed by atoms with van der Waals surface area (Å²) in [5.74, 6) is 3.68. The van der Waals surface area contributed by atoms with Crippen LogP contribution in [-0.4, -0.2) is 16.6 Å². The normalized spacial score (nSPS) is 18.0. The van der Waals surface area contributed by atoms with Gasteiger partial charge in [-0.05, 0) is 67.3 Å². The lowest BCUT2D eigenvalue weighted by molar-refractivity contribution is 0.228. The molecule has 1 aliphatic rings. The molecule has 35 heavy (non-hydrogen) atoms. The van der Waals surface area contributed by atoms with Crippen molar-refractivity contribution in [3.63, 3.8) is 0 Å². The number of unbranched alkanes of at least 4 members (excludes halogenated alkanes) is 7. The average Bonchev–Trinajstić information content (AvgIpc) is 2.90. The van der Waals surface area contributed by atoms with Crippen molar-refractivity contribution in [2.45, 2.75) is 123 Å². The maximum Gasteiger partial charge on any atom is 0.159 e. The molecule has 3 heteroatoms. The van der Waals surface area contributed by atoms with Gasteiger partial charge in [0.1, 0.15) is 5.75 Å². The zero-order chi connectivity index (χ0) is 24.6. The van der Waals surface area contributed by atoms with Gasteiger partial charge in [0.2, 0.25) is 0 Å². The second-order valence-corrected chi connectivity index (χ2v) is 10.8. The van der Waals surface area contributed by atoms with E-state index in [1.807, 2.05) is 12.4 Å². The number of hydrogen-bond acceptors (Lipinski definition) is 3. The van der Waals surface area contributed by atoms with Crippen molar-refractivity contribution in [3.05, 3.63) is 42.2 Å². The highest BCUT2D eigenvalue weighted by Crippen LogP contribution is 2.34. The summed E-state index contributed by atoms with van der Waals surface area (Å²) >= 11 is 0. The van der Waals surface area contributed by atoms with Gasteiger partial charge in [-0.2, -0.15) is 0 Å². The van der Waals surface area contributed by atoms with E-state index < -0.39 is 0 Å². The summed E-state index contributed by atoms with van der Waals surface area (Å²) in [5, 5.41) is 0. The molecule has 1 heterocycles. The summed E-state index contributed by atoms with van der Waals surface area (Å²) in [5.41, 5.74) is 2.29. The van der Waals surface area contributed by atoms with E-state index >= 15 is 0 Å². The summed E-state index contributed by atoms with van der Waals surface area (Å²) in [6, 6.07) is 8.27. The molecule has 0 radical (unpaired) electrons. The Morgan fingerprint density at radius 3 is 1.89 bits per heavy atom. The zero-order valence-electron chi connectivity index (χ0n) is 22.6. The van der Waals surface area contributed by atoms with E-state index in [-0.39, 0.29) is 0 Å². The van der Waals surface area contributed by atoms with Crippen LogP contribution < -0.4 is 4.74 Å². The minimum atomic E-state index is 0.797. The van der Waals surface area contributed by atoms with Crippen molar-refractivity contribution in [1.82, 2.24) is 9.97 Å². The van der Waals surface area contributed by atoms with Crippen LogP contribution in [0.3, 0.4) is 0 Å². The van der Waals surface area contributed by atoms with E-state index in [0.29, 0.717) is 0 Å². The Balaban J connectivity index is 1.28. The minimum absolute atomic E-state index is 0.797. The summed E-state index contributed by atoms with van der Waals surface area (Å²) in [6.45, 7) is 5.37. The molecule has 0 N–H and O–H groups in total. The Bertz CT molecular complexity index is 778. The van der Waals surface area contributed by atoms with Gasteiger partial charge >= 0.3 is 0 Å². The van der Waals surface area contributed by atoms with Crippen LogP contribution >= 0.6 is 0 Å². The number of aryl methyl sites for hydroxylation is 1. The van der Waals surface area contributed by atoms with Crippen molar-refractivity contribution in [1.29, 1.82) is 0 Å². The molecule has 0 amide bonds. The minimum Gasteiger partial charge on any atom is -0.494 e. The fraction of sp³-hybridized carbons (Fsp3) is 0.688. The van der Waals surface area contributed by atoms with Crippen LogP contribution in [0.2, 0.25) is 0 Å². The van der Waals surface area contributed by atoms with Gasteiger partial charge in [0, 0.05) is 18.0 Å². The van der Waals surface area contributed by atoms with Gasteiger partial charge in [-0.3, -0.25) is 0 Å². The first-order valence-electron chi connectivity index (χ1n) is 14.8. The molecule has 0 unspecified atom stereocenters. The Morgan fingerprint density at radius 1 is 0.686 bits per heavy atom. The average molecular weight is 479 g/mol. The highest BCUT2D eigenvalue weighted by atomic mass is 16.5. The van der Waals surface area contributed by atoms with Gasteiger partial charge in [0.25, 0.3) is 0 Å². The lowest BCUT2D eigenvalue weighted by Gasteiger charge is -2.28. The highest BCUT2D eigenvalue weighted by Gasteiger charge is 2.20. The molecule has 0 saturated heterocycles. The molecular weight excluding hydrogens is 428 g/mol. The number of rotatable bonds is 17. The Kier molecular flexibility index (Phi) is 13.2. The van der Waals surface area contributed by atoms with E-state index in [1.165, 1.54) is 102 Å². The molecule has 0 bridgehead atoms. The number of aromatic nitrogens is 2. The van der Waals surface area contributed by atoms with Gasteiger partial charge in [0.05, 0.1) is 6.61 Å². The van der Waals surface area contributed by atoms with Crippen molar-refractivity contribution >= 4 is 0 Å². The lowest BCUT2D eigenvalue weighted by Crippen LogP contribution is -2.15. The summed E-state index contributed by atoms with van der Waals surface area (Å²) in [6.07, 6.45) is 27.0. The molecule has 1 aliphatic carbocycles. The van der Waals surface area contributed by atoms with Crippen molar-refractivity contribution in [3.8, 4) is 17.1 Å². The maximum atomic E-state index is 6.04. The quantitative estimate of drug-likeness (QED) is 0.212. The second-order valence-electron chi connectivity index (χ2n) is 10.8. The molecule has 1 fully saturated rings. The topological polar surface area (TPSA) is 35.0 Å². The van der Waals surface area contributed by atoms with Crippen molar-refractivity contribution in [2.75, 3.05) is 6.61 Å². The van der Waals surface area contributed by atoms with Gasteiger partial charge in [-0.25, -0.2) is 9.97 Å². The molecule has 1 aromatic carbocycles. The molecule has 0 atom stereocenters. The molecular formula is C32H50N2O.